The maximum Gasteiger partial charge on any atom is 0.336 e. The smallest absolute Gasteiger partial charge is 0.336 e. The maximum atomic E-state index is 12.8. The van der Waals surface area contributed by atoms with E-state index in [4.69, 9.17) is 9.47 Å². The molecular formula is C20H23NO5. The molecule has 138 valence electrons. The number of nitrogens with one attached hydrogen (secondary N) is 1. The molecule has 1 aromatic carbocycles. The molecular weight excluding hydrogens is 334 g/mol. The second-order valence-corrected chi connectivity index (χ2v) is 6.49. The van der Waals surface area contributed by atoms with Crippen LogP contribution in [0.2, 0.25) is 0 Å². The van der Waals surface area contributed by atoms with E-state index in [-0.39, 0.29) is 18.1 Å². The highest BCUT2D eigenvalue weighted by Gasteiger charge is 2.39. The Balaban J connectivity index is 2.04. The van der Waals surface area contributed by atoms with Crippen LogP contribution in [0.3, 0.4) is 0 Å². The number of carbonyl (C=O) groups excluding carboxylic acids is 2. The van der Waals surface area contributed by atoms with Crippen molar-refractivity contribution in [1.82, 2.24) is 5.32 Å². The molecule has 0 bridgehead atoms. The van der Waals surface area contributed by atoms with Gasteiger partial charge in [0, 0.05) is 36.4 Å². The Bertz CT molecular complexity index is 776. The van der Waals surface area contributed by atoms with Crippen molar-refractivity contribution in [3.63, 3.8) is 0 Å². The van der Waals surface area contributed by atoms with Crippen molar-refractivity contribution in [2.24, 2.45) is 0 Å². The van der Waals surface area contributed by atoms with Gasteiger partial charge in [-0.2, -0.15) is 0 Å². The van der Waals surface area contributed by atoms with Gasteiger partial charge in [-0.15, -0.1) is 0 Å². The fraction of sp³-hybridized carbons (Fsp3) is 0.400. The molecule has 0 amide bonds. The highest BCUT2D eigenvalue weighted by Crippen LogP contribution is 2.42. The van der Waals surface area contributed by atoms with Crippen LogP contribution in [0.25, 0.3) is 0 Å². The molecule has 1 aliphatic heterocycles. The fourth-order valence-electron chi connectivity index (χ4n) is 3.55. The first-order valence-corrected chi connectivity index (χ1v) is 8.72. The van der Waals surface area contributed by atoms with Gasteiger partial charge in [0.1, 0.15) is 12.4 Å². The van der Waals surface area contributed by atoms with Crippen LogP contribution >= 0.6 is 0 Å². The molecule has 3 rings (SSSR count). The van der Waals surface area contributed by atoms with E-state index in [2.05, 4.69) is 5.32 Å². The summed E-state index contributed by atoms with van der Waals surface area (Å²) in [6, 6.07) is 6.61. The molecule has 26 heavy (non-hydrogen) atoms. The molecule has 0 saturated heterocycles. The number of ether oxygens (including phenoxy) is 2. The standard InChI is InChI=1S/C20H23NO5/c1-12-17(20(24)26-11-10-25-2)18(13-6-8-14(22)9-7-13)19-15(21-12)4-3-5-16(19)23/h6-9,18,21-22H,3-5,10-11H2,1-2H3/t18-/m1/s1. The van der Waals surface area contributed by atoms with Crippen LogP contribution in [0, 0.1) is 0 Å². The van der Waals surface area contributed by atoms with Crippen LogP contribution in [0.5, 0.6) is 5.75 Å². The summed E-state index contributed by atoms with van der Waals surface area (Å²) < 4.78 is 10.3. The van der Waals surface area contributed by atoms with Crippen molar-refractivity contribution in [2.75, 3.05) is 20.3 Å². The van der Waals surface area contributed by atoms with E-state index in [0.29, 0.717) is 29.9 Å². The van der Waals surface area contributed by atoms with Gasteiger partial charge in [-0.05, 0) is 37.5 Å². The average Bonchev–Trinajstić information content (AvgIpc) is 2.61. The summed E-state index contributed by atoms with van der Waals surface area (Å²) >= 11 is 0. The minimum Gasteiger partial charge on any atom is -0.508 e. The third-order valence-electron chi connectivity index (χ3n) is 4.74. The summed E-state index contributed by atoms with van der Waals surface area (Å²) in [5.74, 6) is -0.770. The molecule has 6 heteroatoms. The Hall–Kier alpha value is -2.60. The van der Waals surface area contributed by atoms with Gasteiger partial charge in [-0.25, -0.2) is 4.79 Å². The highest BCUT2D eigenvalue weighted by atomic mass is 16.6. The van der Waals surface area contributed by atoms with Gasteiger partial charge in [0.05, 0.1) is 12.2 Å². The van der Waals surface area contributed by atoms with Gasteiger partial charge in [0.15, 0.2) is 5.78 Å². The van der Waals surface area contributed by atoms with Crippen molar-refractivity contribution < 1.29 is 24.2 Å². The molecule has 1 atom stereocenters. The summed E-state index contributed by atoms with van der Waals surface area (Å²) in [4.78, 5) is 25.4. The second-order valence-electron chi connectivity index (χ2n) is 6.49. The van der Waals surface area contributed by atoms with Gasteiger partial charge >= 0.3 is 5.97 Å². The van der Waals surface area contributed by atoms with Crippen LogP contribution in [0.4, 0.5) is 0 Å². The van der Waals surface area contributed by atoms with Crippen LogP contribution in [0.15, 0.2) is 46.8 Å². The van der Waals surface area contributed by atoms with Crippen LogP contribution in [-0.2, 0) is 19.1 Å². The van der Waals surface area contributed by atoms with E-state index < -0.39 is 11.9 Å². The van der Waals surface area contributed by atoms with E-state index in [9.17, 15) is 14.7 Å². The minimum atomic E-state index is -0.491. The predicted molar refractivity (Wildman–Crippen MR) is 95.4 cm³/mol. The number of aromatic hydroxyl groups is 1. The largest absolute Gasteiger partial charge is 0.508 e. The van der Waals surface area contributed by atoms with Crippen molar-refractivity contribution in [3.05, 3.63) is 52.4 Å². The second kappa shape index (κ2) is 7.74. The topological polar surface area (TPSA) is 84.9 Å². The van der Waals surface area contributed by atoms with Crippen LogP contribution < -0.4 is 5.32 Å². The molecule has 2 aliphatic rings. The summed E-state index contributed by atoms with van der Waals surface area (Å²) in [6.45, 7) is 2.28. The number of phenolic OH excluding ortho intramolecular Hbond substituents is 1. The first-order valence-electron chi connectivity index (χ1n) is 8.72. The number of phenols is 1. The number of dihydropyridines is 1. The number of ketones is 1. The zero-order valence-electron chi connectivity index (χ0n) is 15.0. The number of rotatable bonds is 5. The lowest BCUT2D eigenvalue weighted by atomic mass is 9.75. The molecule has 6 nitrogen and oxygen atoms in total. The van der Waals surface area contributed by atoms with E-state index in [1.54, 1.807) is 24.3 Å². The summed E-state index contributed by atoms with van der Waals surface area (Å²) in [7, 11) is 1.54. The summed E-state index contributed by atoms with van der Waals surface area (Å²) in [5.41, 5.74) is 3.42. The van der Waals surface area contributed by atoms with Crippen LogP contribution in [-0.4, -0.2) is 37.2 Å². The van der Waals surface area contributed by atoms with E-state index >= 15 is 0 Å². The Kier molecular flexibility index (Phi) is 5.42. The molecule has 0 fully saturated rings. The third kappa shape index (κ3) is 3.51. The van der Waals surface area contributed by atoms with Crippen molar-refractivity contribution in [1.29, 1.82) is 0 Å². The zero-order chi connectivity index (χ0) is 18.7. The van der Waals surface area contributed by atoms with Gasteiger partial charge in [0.2, 0.25) is 0 Å². The van der Waals surface area contributed by atoms with Crippen LogP contribution in [0.1, 0.15) is 37.7 Å². The number of hydrogen-bond acceptors (Lipinski definition) is 6. The number of benzene rings is 1. The van der Waals surface area contributed by atoms with E-state index in [0.717, 1.165) is 24.1 Å². The molecule has 0 radical (unpaired) electrons. The minimum absolute atomic E-state index is 0.0477. The molecule has 1 aliphatic carbocycles. The first kappa shape index (κ1) is 18.2. The number of esters is 1. The molecule has 1 heterocycles. The number of carbonyl (C=O) groups is 2. The summed E-state index contributed by atoms with van der Waals surface area (Å²) in [6.07, 6.45) is 2.05. The molecule has 0 aromatic heterocycles. The van der Waals surface area contributed by atoms with Gasteiger partial charge in [0.25, 0.3) is 0 Å². The maximum absolute atomic E-state index is 12.8. The lowest BCUT2D eigenvalue weighted by Gasteiger charge is -2.34. The molecule has 2 N–H and O–H groups in total. The Morgan fingerprint density at radius 1 is 1.23 bits per heavy atom. The van der Waals surface area contributed by atoms with Gasteiger partial charge in [-0.3, -0.25) is 4.79 Å². The van der Waals surface area contributed by atoms with Gasteiger partial charge in [-0.1, -0.05) is 12.1 Å². The quantitative estimate of drug-likeness (QED) is 0.622. The zero-order valence-corrected chi connectivity index (χ0v) is 15.0. The lowest BCUT2D eigenvalue weighted by Crippen LogP contribution is -2.34. The molecule has 0 spiro atoms. The molecule has 0 saturated carbocycles. The first-order chi connectivity index (χ1) is 12.5. The van der Waals surface area contributed by atoms with Crippen molar-refractivity contribution in [2.45, 2.75) is 32.1 Å². The van der Waals surface area contributed by atoms with E-state index in [1.807, 2.05) is 6.92 Å². The predicted octanol–water partition coefficient (Wildman–Crippen LogP) is 2.55. The Labute approximate surface area is 152 Å². The molecule has 0 unspecified atom stereocenters. The number of allylic oxidation sites excluding steroid dienone is 3. The third-order valence-corrected chi connectivity index (χ3v) is 4.74. The Morgan fingerprint density at radius 3 is 2.65 bits per heavy atom. The van der Waals surface area contributed by atoms with Gasteiger partial charge < -0.3 is 19.9 Å². The normalized spacial score (nSPS) is 19.9. The Morgan fingerprint density at radius 2 is 1.96 bits per heavy atom. The molecule has 1 aromatic rings. The van der Waals surface area contributed by atoms with Crippen molar-refractivity contribution in [3.8, 4) is 5.75 Å². The number of methoxy groups -OCH3 is 1. The highest BCUT2D eigenvalue weighted by molar-refractivity contribution is 6.03. The van der Waals surface area contributed by atoms with Crippen molar-refractivity contribution >= 4 is 11.8 Å². The van der Waals surface area contributed by atoms with E-state index in [1.165, 1.54) is 7.11 Å². The fourth-order valence-corrected chi connectivity index (χ4v) is 3.55. The average molecular weight is 357 g/mol. The SMILES string of the molecule is COCCOC(=O)C1=C(C)NC2=C(C(=O)CCC2)[C@@H]1c1ccc(O)cc1. The number of hydrogen-bond donors (Lipinski definition) is 2. The summed E-state index contributed by atoms with van der Waals surface area (Å²) in [5, 5.41) is 12.8. The lowest BCUT2D eigenvalue weighted by molar-refractivity contribution is -0.140. The monoisotopic (exact) mass is 357 g/mol. The number of Topliss-reactive ketones (excluding diaryl/α,β-unsaturated/α-hetero) is 1.